The van der Waals surface area contributed by atoms with Crippen LogP contribution in [-0.4, -0.2) is 0 Å². The standard InChI is InChI=1S/C73H52N2O/c1-49-29-35-59(36-30-49)74(58-24-10-5-11-25-58)62-44-55(53-19-16-18-52(43-53)54-34-42-71-68(46-54)66-40-33-51-17-12-13-26-64(51)72(66)76-71)45-63(47-62)75(60-37-31-50(2)32-38-60)61-39-41-70-67(48-61)65-27-14-15-28-69(65)73(70,56-20-6-3-7-21-56)57-22-8-4-9-23-57/h3-48H,1-2H3. The van der Waals surface area contributed by atoms with Crippen molar-refractivity contribution in [3.63, 3.8) is 0 Å². The van der Waals surface area contributed by atoms with E-state index in [1.165, 1.54) is 49.9 Å². The number of hydrogen-bond donors (Lipinski definition) is 0. The molecule has 1 aliphatic rings. The third-order valence-corrected chi connectivity index (χ3v) is 15.6. The van der Waals surface area contributed by atoms with Crippen LogP contribution in [0.1, 0.15) is 33.4 Å². The summed E-state index contributed by atoms with van der Waals surface area (Å²) < 4.78 is 6.56. The average molecular weight is 973 g/mol. The number of para-hydroxylation sites is 1. The fourth-order valence-electron chi connectivity index (χ4n) is 12.0. The number of aryl methyl sites for hydroxylation is 2. The van der Waals surface area contributed by atoms with Gasteiger partial charge >= 0.3 is 0 Å². The van der Waals surface area contributed by atoms with Crippen LogP contribution < -0.4 is 9.80 Å². The molecule has 0 N–H and O–H groups in total. The van der Waals surface area contributed by atoms with Gasteiger partial charge in [0.2, 0.25) is 0 Å². The Bertz CT molecular complexity index is 4250. The van der Waals surface area contributed by atoms with Crippen molar-refractivity contribution >= 4 is 66.8 Å². The number of anilines is 6. The van der Waals surface area contributed by atoms with Crippen molar-refractivity contribution in [1.82, 2.24) is 0 Å². The van der Waals surface area contributed by atoms with Gasteiger partial charge in [-0.1, -0.05) is 199 Å². The van der Waals surface area contributed by atoms with Crippen molar-refractivity contribution in [2.75, 3.05) is 9.80 Å². The highest BCUT2D eigenvalue weighted by Crippen LogP contribution is 2.57. The number of hydrogen-bond acceptors (Lipinski definition) is 3. The molecular weight excluding hydrogens is 921 g/mol. The van der Waals surface area contributed by atoms with Crippen LogP contribution >= 0.6 is 0 Å². The second-order valence-electron chi connectivity index (χ2n) is 20.2. The number of fused-ring (bicyclic) bond motifs is 8. The summed E-state index contributed by atoms with van der Waals surface area (Å²) in [6.45, 7) is 4.31. The van der Waals surface area contributed by atoms with Gasteiger partial charge in [0.25, 0.3) is 0 Å². The van der Waals surface area contributed by atoms with Crippen LogP contribution in [0.15, 0.2) is 283 Å². The molecule has 0 atom stereocenters. The molecule has 14 rings (SSSR count). The first-order valence-electron chi connectivity index (χ1n) is 26.2. The Kier molecular flexibility index (Phi) is 10.9. The smallest absolute Gasteiger partial charge is 0.143 e. The number of nitrogens with zero attached hydrogens (tertiary/aromatic N) is 2. The van der Waals surface area contributed by atoms with Gasteiger partial charge in [0, 0.05) is 50.3 Å². The Morgan fingerprint density at radius 3 is 1.53 bits per heavy atom. The van der Waals surface area contributed by atoms with E-state index in [-0.39, 0.29) is 0 Å². The van der Waals surface area contributed by atoms with Crippen LogP contribution in [0.3, 0.4) is 0 Å². The Hall–Kier alpha value is -9.70. The molecule has 3 nitrogen and oxygen atoms in total. The predicted molar refractivity (Wildman–Crippen MR) is 318 cm³/mol. The summed E-state index contributed by atoms with van der Waals surface area (Å²) in [5, 5.41) is 4.54. The molecule has 360 valence electrons. The quantitative estimate of drug-likeness (QED) is 0.136. The van der Waals surface area contributed by atoms with Crippen molar-refractivity contribution in [3.05, 3.63) is 312 Å². The van der Waals surface area contributed by atoms with Gasteiger partial charge in [0.05, 0.1) is 5.41 Å². The van der Waals surface area contributed by atoms with Crippen LogP contribution in [0.4, 0.5) is 34.1 Å². The van der Waals surface area contributed by atoms with Gasteiger partial charge < -0.3 is 14.2 Å². The average Bonchev–Trinajstić information content (AvgIpc) is 4.20. The van der Waals surface area contributed by atoms with Gasteiger partial charge in [-0.05, 0) is 166 Å². The van der Waals surface area contributed by atoms with E-state index in [0.29, 0.717) is 0 Å². The maximum absolute atomic E-state index is 6.56. The first-order chi connectivity index (χ1) is 37.5. The fourth-order valence-corrected chi connectivity index (χ4v) is 12.0. The molecule has 0 unspecified atom stereocenters. The van der Waals surface area contributed by atoms with Gasteiger partial charge in [-0.15, -0.1) is 0 Å². The summed E-state index contributed by atoms with van der Waals surface area (Å²) in [5.41, 5.74) is 22.1. The van der Waals surface area contributed by atoms with Crippen molar-refractivity contribution < 1.29 is 4.42 Å². The molecule has 1 heterocycles. The van der Waals surface area contributed by atoms with Gasteiger partial charge in [0.1, 0.15) is 11.2 Å². The Labute approximate surface area is 443 Å². The minimum Gasteiger partial charge on any atom is -0.455 e. The molecule has 0 bridgehead atoms. The molecule has 0 aliphatic heterocycles. The van der Waals surface area contributed by atoms with E-state index in [1.54, 1.807) is 0 Å². The van der Waals surface area contributed by atoms with E-state index < -0.39 is 5.41 Å². The molecule has 0 saturated carbocycles. The Balaban J connectivity index is 0.983. The lowest BCUT2D eigenvalue weighted by Crippen LogP contribution is -2.28. The SMILES string of the molecule is Cc1ccc(N(c2ccccc2)c2cc(-c3cccc(-c4ccc5oc6c7ccccc7ccc6c5c4)c3)cc(N(c3ccc(C)cc3)c3ccc4c(c3)-c3ccccc3C4(c3ccccc3)c3ccccc3)c2)cc1. The molecular formula is C73H52N2O. The minimum absolute atomic E-state index is 0.506. The van der Waals surface area contributed by atoms with E-state index in [2.05, 4.69) is 303 Å². The third-order valence-electron chi connectivity index (χ3n) is 15.6. The zero-order valence-corrected chi connectivity index (χ0v) is 42.4. The van der Waals surface area contributed by atoms with Gasteiger partial charge in [-0.2, -0.15) is 0 Å². The highest BCUT2D eigenvalue weighted by atomic mass is 16.3. The fraction of sp³-hybridized carbons (Fsp3) is 0.0411. The molecule has 12 aromatic carbocycles. The normalized spacial score (nSPS) is 12.4. The molecule has 1 aliphatic carbocycles. The lowest BCUT2D eigenvalue weighted by Gasteiger charge is -2.34. The van der Waals surface area contributed by atoms with E-state index in [9.17, 15) is 0 Å². The molecule has 13 aromatic rings. The molecule has 0 saturated heterocycles. The lowest BCUT2D eigenvalue weighted by atomic mass is 9.68. The third kappa shape index (κ3) is 7.50. The number of furan rings is 1. The molecule has 3 heteroatoms. The largest absolute Gasteiger partial charge is 0.455 e. The van der Waals surface area contributed by atoms with Crippen molar-refractivity contribution in [1.29, 1.82) is 0 Å². The first kappa shape index (κ1) is 45.0. The van der Waals surface area contributed by atoms with E-state index >= 15 is 0 Å². The molecule has 0 amide bonds. The summed E-state index contributed by atoms with van der Waals surface area (Å²) in [6.07, 6.45) is 0. The predicted octanol–water partition coefficient (Wildman–Crippen LogP) is 20.0. The summed E-state index contributed by atoms with van der Waals surface area (Å²) in [4.78, 5) is 4.84. The van der Waals surface area contributed by atoms with E-state index in [1.807, 2.05) is 0 Å². The highest BCUT2D eigenvalue weighted by molar-refractivity contribution is 6.15. The van der Waals surface area contributed by atoms with Crippen LogP contribution in [0, 0.1) is 13.8 Å². The Morgan fingerprint density at radius 1 is 0.303 bits per heavy atom. The summed E-state index contributed by atoms with van der Waals surface area (Å²) in [6, 6.07) is 102. The zero-order chi connectivity index (χ0) is 50.7. The van der Waals surface area contributed by atoms with Crippen molar-refractivity contribution in [3.8, 4) is 33.4 Å². The molecule has 76 heavy (non-hydrogen) atoms. The van der Waals surface area contributed by atoms with E-state index in [4.69, 9.17) is 4.42 Å². The van der Waals surface area contributed by atoms with Crippen molar-refractivity contribution in [2.45, 2.75) is 19.3 Å². The molecule has 0 fully saturated rings. The van der Waals surface area contributed by atoms with Crippen LogP contribution in [0.25, 0.3) is 66.1 Å². The van der Waals surface area contributed by atoms with Crippen LogP contribution in [-0.2, 0) is 5.41 Å². The maximum Gasteiger partial charge on any atom is 0.143 e. The van der Waals surface area contributed by atoms with Crippen LogP contribution in [0.2, 0.25) is 0 Å². The first-order valence-corrected chi connectivity index (χ1v) is 26.2. The monoisotopic (exact) mass is 972 g/mol. The van der Waals surface area contributed by atoms with Gasteiger partial charge in [-0.25, -0.2) is 0 Å². The number of rotatable bonds is 10. The summed E-state index contributed by atoms with van der Waals surface area (Å²) in [5.74, 6) is 0. The second kappa shape index (κ2) is 18.3. The lowest BCUT2D eigenvalue weighted by molar-refractivity contribution is 0.672. The van der Waals surface area contributed by atoms with Gasteiger partial charge in [-0.3, -0.25) is 0 Å². The molecule has 0 radical (unpaired) electrons. The minimum atomic E-state index is -0.506. The van der Waals surface area contributed by atoms with Crippen LogP contribution in [0.5, 0.6) is 0 Å². The van der Waals surface area contributed by atoms with Gasteiger partial charge in [0.15, 0.2) is 0 Å². The highest BCUT2D eigenvalue weighted by Gasteiger charge is 2.46. The maximum atomic E-state index is 6.56. The Morgan fingerprint density at radius 2 is 0.842 bits per heavy atom. The number of benzene rings is 12. The topological polar surface area (TPSA) is 19.6 Å². The van der Waals surface area contributed by atoms with Crippen molar-refractivity contribution in [2.24, 2.45) is 0 Å². The zero-order valence-electron chi connectivity index (χ0n) is 42.4. The molecule has 0 spiro atoms. The van der Waals surface area contributed by atoms with E-state index in [0.717, 1.165) is 83.7 Å². The summed E-state index contributed by atoms with van der Waals surface area (Å²) in [7, 11) is 0. The summed E-state index contributed by atoms with van der Waals surface area (Å²) >= 11 is 0. The second-order valence-corrected chi connectivity index (χ2v) is 20.2. The molecule has 1 aromatic heterocycles.